The molecule has 0 bridgehead atoms. The highest BCUT2D eigenvalue weighted by molar-refractivity contribution is 5.96. The first-order valence-corrected chi connectivity index (χ1v) is 7.54. The van der Waals surface area contributed by atoms with Gasteiger partial charge in [-0.3, -0.25) is 4.79 Å². The number of nitrogens with zero attached hydrogens (tertiary/aromatic N) is 1. The molecule has 1 aliphatic rings. The van der Waals surface area contributed by atoms with Gasteiger partial charge < -0.3 is 25.7 Å². The third kappa shape index (κ3) is 4.20. The van der Waals surface area contributed by atoms with Crippen molar-refractivity contribution >= 4 is 17.6 Å². The number of aryl methyl sites for hydroxylation is 1. The number of nitrogens with one attached hydrogen (secondary N) is 2. The van der Waals surface area contributed by atoms with Gasteiger partial charge >= 0.3 is 6.03 Å². The van der Waals surface area contributed by atoms with Gasteiger partial charge in [-0.1, -0.05) is 17.7 Å². The Morgan fingerprint density at radius 1 is 1.30 bits per heavy atom. The molecule has 1 fully saturated rings. The number of urea groups is 1. The van der Waals surface area contributed by atoms with Gasteiger partial charge in [0, 0.05) is 18.7 Å². The largest absolute Gasteiger partial charge is 0.394 e. The molecule has 0 aliphatic carbocycles. The predicted molar refractivity (Wildman–Crippen MR) is 86.2 cm³/mol. The van der Waals surface area contributed by atoms with Crippen molar-refractivity contribution in [3.05, 3.63) is 29.8 Å². The first-order valence-electron chi connectivity index (χ1n) is 7.54. The average molecular weight is 321 g/mol. The molecule has 1 heterocycles. The minimum absolute atomic E-state index is 0.0498. The summed E-state index contributed by atoms with van der Waals surface area (Å²) in [6.07, 6.45) is 0.219. The molecule has 7 heteroatoms. The number of hydrogen-bond donors (Lipinski definition) is 4. The topological polar surface area (TPSA) is 102 Å². The lowest BCUT2D eigenvalue weighted by Gasteiger charge is -2.27. The maximum absolute atomic E-state index is 12.1. The summed E-state index contributed by atoms with van der Waals surface area (Å²) in [4.78, 5) is 25.7. The molecular formula is C16H23N3O4. The van der Waals surface area contributed by atoms with Crippen molar-refractivity contribution in [2.24, 2.45) is 0 Å². The van der Waals surface area contributed by atoms with Gasteiger partial charge in [-0.05, 0) is 26.0 Å². The second-order valence-electron chi connectivity index (χ2n) is 6.22. The van der Waals surface area contributed by atoms with Gasteiger partial charge in [0.15, 0.2) is 0 Å². The van der Waals surface area contributed by atoms with Crippen molar-refractivity contribution in [3.63, 3.8) is 0 Å². The van der Waals surface area contributed by atoms with Crippen molar-refractivity contribution in [1.29, 1.82) is 0 Å². The van der Waals surface area contributed by atoms with Crippen LogP contribution in [-0.2, 0) is 4.79 Å². The predicted octanol–water partition coefficient (Wildman–Crippen LogP) is 0.143. The standard InChI is InChI=1S/C16H23N3O4/c1-11-3-5-13(6-4-11)19-8-12(7-14(19)22)17-15(23)18-16(2,9-20)10-21/h3-6,12,20-21H,7-10H2,1-2H3,(H2,17,18,23)/t12-/m1/s1. The van der Waals surface area contributed by atoms with Gasteiger partial charge in [0.2, 0.25) is 5.91 Å². The van der Waals surface area contributed by atoms with E-state index in [0.29, 0.717) is 6.54 Å². The number of aliphatic hydroxyl groups is 2. The Kier molecular flexibility index (Phi) is 5.23. The second-order valence-corrected chi connectivity index (χ2v) is 6.22. The van der Waals surface area contributed by atoms with E-state index < -0.39 is 11.6 Å². The summed E-state index contributed by atoms with van der Waals surface area (Å²) in [7, 11) is 0. The summed E-state index contributed by atoms with van der Waals surface area (Å²) in [5.41, 5.74) is 0.825. The molecule has 23 heavy (non-hydrogen) atoms. The van der Waals surface area contributed by atoms with Gasteiger partial charge in [-0.15, -0.1) is 0 Å². The van der Waals surface area contributed by atoms with E-state index in [1.54, 1.807) is 4.90 Å². The van der Waals surface area contributed by atoms with Crippen LogP contribution in [0.5, 0.6) is 0 Å². The van der Waals surface area contributed by atoms with Gasteiger partial charge in [0.1, 0.15) is 0 Å². The van der Waals surface area contributed by atoms with Crippen LogP contribution >= 0.6 is 0 Å². The van der Waals surface area contributed by atoms with Crippen molar-refractivity contribution in [1.82, 2.24) is 10.6 Å². The minimum atomic E-state index is -1.09. The lowest BCUT2D eigenvalue weighted by atomic mass is 10.1. The maximum Gasteiger partial charge on any atom is 0.315 e. The Bertz CT molecular complexity index is 569. The number of rotatable bonds is 5. The summed E-state index contributed by atoms with van der Waals surface area (Å²) < 4.78 is 0. The Labute approximate surface area is 135 Å². The summed E-state index contributed by atoms with van der Waals surface area (Å²) in [5, 5.41) is 23.6. The second kappa shape index (κ2) is 6.97. The van der Waals surface area contributed by atoms with Crippen LogP contribution in [0.25, 0.3) is 0 Å². The highest BCUT2D eigenvalue weighted by Crippen LogP contribution is 2.22. The third-order valence-electron chi connectivity index (χ3n) is 3.92. The summed E-state index contributed by atoms with van der Waals surface area (Å²) >= 11 is 0. The van der Waals surface area contributed by atoms with Crippen LogP contribution in [-0.4, -0.2) is 53.5 Å². The Hall–Kier alpha value is -2.12. The lowest BCUT2D eigenvalue weighted by molar-refractivity contribution is -0.117. The molecule has 1 saturated heterocycles. The molecule has 0 radical (unpaired) electrons. The smallest absolute Gasteiger partial charge is 0.315 e. The number of carbonyl (C=O) groups excluding carboxylic acids is 2. The average Bonchev–Trinajstić information content (AvgIpc) is 2.88. The van der Waals surface area contributed by atoms with E-state index in [1.165, 1.54) is 6.92 Å². The molecule has 0 spiro atoms. The summed E-state index contributed by atoms with van der Waals surface area (Å²) in [5.74, 6) is -0.0498. The molecular weight excluding hydrogens is 298 g/mol. The highest BCUT2D eigenvalue weighted by atomic mass is 16.3. The fraction of sp³-hybridized carbons (Fsp3) is 0.500. The summed E-state index contributed by atoms with van der Waals surface area (Å²) in [6, 6.07) is 6.80. The van der Waals surface area contributed by atoms with Crippen molar-refractivity contribution in [2.45, 2.75) is 31.8 Å². The fourth-order valence-electron chi connectivity index (χ4n) is 2.40. The Balaban J connectivity index is 1.95. The molecule has 0 unspecified atom stereocenters. The Morgan fingerprint density at radius 2 is 1.91 bits per heavy atom. The number of benzene rings is 1. The zero-order valence-electron chi connectivity index (χ0n) is 13.4. The maximum atomic E-state index is 12.1. The normalized spacial score (nSPS) is 18.2. The summed E-state index contributed by atoms with van der Waals surface area (Å²) in [6.45, 7) is 3.14. The molecule has 0 saturated carbocycles. The van der Waals surface area contributed by atoms with Crippen LogP contribution in [0.15, 0.2) is 24.3 Å². The fourth-order valence-corrected chi connectivity index (χ4v) is 2.40. The van der Waals surface area contributed by atoms with E-state index >= 15 is 0 Å². The number of carbonyl (C=O) groups is 2. The number of hydrogen-bond acceptors (Lipinski definition) is 4. The van der Waals surface area contributed by atoms with E-state index in [9.17, 15) is 19.8 Å². The van der Waals surface area contributed by atoms with Crippen LogP contribution in [0.2, 0.25) is 0 Å². The lowest BCUT2D eigenvalue weighted by Crippen LogP contribution is -2.56. The van der Waals surface area contributed by atoms with Crippen LogP contribution in [0, 0.1) is 6.92 Å². The first-order chi connectivity index (χ1) is 10.9. The van der Waals surface area contributed by atoms with E-state index in [0.717, 1.165) is 11.3 Å². The van der Waals surface area contributed by atoms with Crippen LogP contribution in [0.4, 0.5) is 10.5 Å². The third-order valence-corrected chi connectivity index (χ3v) is 3.92. The van der Waals surface area contributed by atoms with Crippen LogP contribution in [0.1, 0.15) is 18.9 Å². The molecule has 3 amide bonds. The molecule has 1 aromatic rings. The van der Waals surface area contributed by atoms with Gasteiger partial charge in [0.05, 0.1) is 24.8 Å². The van der Waals surface area contributed by atoms with E-state index in [4.69, 9.17) is 0 Å². The van der Waals surface area contributed by atoms with Crippen molar-refractivity contribution in [3.8, 4) is 0 Å². The minimum Gasteiger partial charge on any atom is -0.394 e. The Morgan fingerprint density at radius 3 is 2.48 bits per heavy atom. The number of amides is 3. The number of anilines is 1. The molecule has 4 N–H and O–H groups in total. The molecule has 1 atom stereocenters. The first kappa shape index (κ1) is 17.2. The quantitative estimate of drug-likeness (QED) is 0.620. The van der Waals surface area contributed by atoms with Crippen LogP contribution < -0.4 is 15.5 Å². The molecule has 7 nitrogen and oxygen atoms in total. The molecule has 1 aliphatic heterocycles. The van der Waals surface area contributed by atoms with E-state index in [2.05, 4.69) is 10.6 Å². The molecule has 126 valence electrons. The molecule has 2 rings (SSSR count). The van der Waals surface area contributed by atoms with Gasteiger partial charge in [-0.25, -0.2) is 4.79 Å². The highest BCUT2D eigenvalue weighted by Gasteiger charge is 2.33. The monoisotopic (exact) mass is 321 g/mol. The van der Waals surface area contributed by atoms with Crippen molar-refractivity contribution < 1.29 is 19.8 Å². The van der Waals surface area contributed by atoms with Crippen LogP contribution in [0.3, 0.4) is 0 Å². The van der Waals surface area contributed by atoms with E-state index in [-0.39, 0.29) is 31.6 Å². The van der Waals surface area contributed by atoms with E-state index in [1.807, 2.05) is 31.2 Å². The molecule has 0 aromatic heterocycles. The zero-order valence-corrected chi connectivity index (χ0v) is 13.4. The molecule has 1 aromatic carbocycles. The SMILES string of the molecule is Cc1ccc(N2C[C@H](NC(=O)NC(C)(CO)CO)CC2=O)cc1. The zero-order chi connectivity index (χ0) is 17.0. The van der Waals surface area contributed by atoms with Gasteiger partial charge in [0.25, 0.3) is 0 Å². The van der Waals surface area contributed by atoms with Crippen molar-refractivity contribution in [2.75, 3.05) is 24.7 Å². The number of aliphatic hydroxyl groups excluding tert-OH is 2. The van der Waals surface area contributed by atoms with Gasteiger partial charge in [-0.2, -0.15) is 0 Å².